The lowest BCUT2D eigenvalue weighted by Crippen LogP contribution is -1.86. The van der Waals surface area contributed by atoms with Crippen molar-refractivity contribution in [3.8, 4) is 5.75 Å². The Balaban J connectivity index is 3.59. The summed E-state index contributed by atoms with van der Waals surface area (Å²) in [4.78, 5) is 13.1. The molecule has 0 aromatic heterocycles. The van der Waals surface area contributed by atoms with Gasteiger partial charge < -0.3 is 4.74 Å². The first kappa shape index (κ1) is 12.0. The zero-order valence-electron chi connectivity index (χ0n) is 7.44. The van der Waals surface area contributed by atoms with Crippen molar-refractivity contribution >= 4 is 43.2 Å². The molecule has 0 radical (unpaired) electrons. The van der Waals surface area contributed by atoms with Crippen molar-refractivity contribution in [3.05, 3.63) is 30.4 Å². The lowest BCUT2D eigenvalue weighted by molar-refractivity contribution is 0.409. The number of nitrogens with zero attached hydrogens (tertiary/aromatic N) is 4. The Bertz CT molecular complexity index is 457. The topological polar surface area (TPSA) is 87.4 Å². The molecule has 1 rings (SSSR count). The highest BCUT2D eigenvalue weighted by molar-refractivity contribution is 9.11. The Hall–Kier alpha value is -1.11. The van der Waals surface area contributed by atoms with Gasteiger partial charge in [0.25, 0.3) is 0 Å². The molecule has 0 unspecified atom stereocenters. The molecule has 1 aromatic carbocycles. The predicted molar refractivity (Wildman–Crippen MR) is 62.7 cm³/mol. The van der Waals surface area contributed by atoms with Gasteiger partial charge >= 0.3 is 0 Å². The van der Waals surface area contributed by atoms with Crippen molar-refractivity contribution < 1.29 is 4.74 Å². The summed E-state index contributed by atoms with van der Waals surface area (Å²) < 4.78 is 5.97. The number of ether oxygens (including phenoxy) is 1. The molecule has 6 nitrogen and oxygen atoms in total. The van der Waals surface area contributed by atoms with Crippen molar-refractivity contribution in [2.45, 2.75) is 0 Å². The molecule has 0 fully saturated rings. The van der Waals surface area contributed by atoms with E-state index in [1.807, 2.05) is 0 Å². The van der Waals surface area contributed by atoms with E-state index in [4.69, 9.17) is 10.3 Å². The smallest absolute Gasteiger partial charge is 0.147 e. The SMILES string of the molecule is COc1c(Br)cc(N=O)c(N=[N+]=[N-])c1Br. The third kappa shape index (κ3) is 2.28. The summed E-state index contributed by atoms with van der Waals surface area (Å²) in [5, 5.41) is 6.12. The summed E-state index contributed by atoms with van der Waals surface area (Å²) in [5.74, 6) is 0.435. The van der Waals surface area contributed by atoms with Gasteiger partial charge in [0.05, 0.1) is 21.7 Å². The molecule has 0 spiro atoms. The van der Waals surface area contributed by atoms with E-state index in [0.717, 1.165) is 0 Å². The summed E-state index contributed by atoms with van der Waals surface area (Å²) in [6, 6.07) is 1.42. The van der Waals surface area contributed by atoms with Crippen LogP contribution in [0.5, 0.6) is 5.75 Å². The van der Waals surface area contributed by atoms with Crippen LogP contribution in [-0.4, -0.2) is 7.11 Å². The Morgan fingerprint density at radius 2 is 2.20 bits per heavy atom. The molecule has 0 N–H and O–H groups in total. The first-order valence-corrected chi connectivity index (χ1v) is 5.18. The molecule has 0 aliphatic heterocycles. The zero-order valence-corrected chi connectivity index (χ0v) is 10.6. The lowest BCUT2D eigenvalue weighted by Gasteiger charge is -2.08. The number of benzene rings is 1. The Kier molecular flexibility index (Phi) is 4.07. The fraction of sp³-hybridized carbons (Fsp3) is 0.143. The van der Waals surface area contributed by atoms with Crippen LogP contribution in [0.2, 0.25) is 0 Å². The van der Waals surface area contributed by atoms with E-state index in [1.165, 1.54) is 13.2 Å². The predicted octanol–water partition coefficient (Wildman–Crippen LogP) is 4.56. The molecule has 0 saturated heterocycles. The van der Waals surface area contributed by atoms with Crippen molar-refractivity contribution in [3.63, 3.8) is 0 Å². The zero-order chi connectivity index (χ0) is 11.4. The summed E-state index contributed by atoms with van der Waals surface area (Å²) in [7, 11) is 1.46. The fourth-order valence-electron chi connectivity index (χ4n) is 0.975. The van der Waals surface area contributed by atoms with Crippen LogP contribution in [0.15, 0.2) is 25.3 Å². The number of nitroso groups, excluding NO2 is 1. The molecule has 1 aromatic rings. The molecule has 0 aliphatic carbocycles. The number of rotatable bonds is 3. The van der Waals surface area contributed by atoms with Crippen LogP contribution in [-0.2, 0) is 0 Å². The first-order chi connectivity index (χ1) is 7.15. The second-order valence-electron chi connectivity index (χ2n) is 2.35. The lowest BCUT2D eigenvalue weighted by atomic mass is 10.2. The third-order valence-electron chi connectivity index (χ3n) is 1.58. The Morgan fingerprint density at radius 1 is 1.53 bits per heavy atom. The van der Waals surface area contributed by atoms with E-state index < -0.39 is 0 Å². The second-order valence-corrected chi connectivity index (χ2v) is 4.00. The standard InChI is InChI=1S/C7H4Br2N4O2/c1-15-7-3(8)2-4(12-14)6(5(7)9)11-13-10/h2H,1H3. The summed E-state index contributed by atoms with van der Waals surface area (Å²) in [5.41, 5.74) is 8.48. The van der Waals surface area contributed by atoms with Gasteiger partial charge in [0.2, 0.25) is 0 Å². The van der Waals surface area contributed by atoms with E-state index in [2.05, 4.69) is 47.1 Å². The molecule has 0 heterocycles. The fourth-order valence-corrected chi connectivity index (χ4v) is 2.48. The maximum Gasteiger partial charge on any atom is 0.147 e. The van der Waals surface area contributed by atoms with Gasteiger partial charge in [-0.2, -0.15) is 0 Å². The van der Waals surface area contributed by atoms with Crippen LogP contribution >= 0.6 is 31.9 Å². The first-order valence-electron chi connectivity index (χ1n) is 3.60. The Labute approximate surface area is 101 Å². The minimum Gasteiger partial charge on any atom is -0.494 e. The second kappa shape index (κ2) is 5.11. The molecular weight excluding hydrogens is 332 g/mol. The number of methoxy groups -OCH3 is 1. The van der Waals surface area contributed by atoms with Gasteiger partial charge in [0.15, 0.2) is 0 Å². The van der Waals surface area contributed by atoms with Crippen LogP contribution in [0.25, 0.3) is 10.4 Å². The summed E-state index contributed by atoms with van der Waals surface area (Å²) >= 11 is 6.36. The van der Waals surface area contributed by atoms with E-state index in [-0.39, 0.29) is 11.4 Å². The van der Waals surface area contributed by atoms with E-state index in [0.29, 0.717) is 14.7 Å². The van der Waals surface area contributed by atoms with Gasteiger partial charge in [0.1, 0.15) is 11.4 Å². The highest BCUT2D eigenvalue weighted by Gasteiger charge is 2.15. The average molecular weight is 336 g/mol. The van der Waals surface area contributed by atoms with E-state index in [9.17, 15) is 4.91 Å². The summed E-state index contributed by atoms with van der Waals surface area (Å²) in [6.45, 7) is 0. The van der Waals surface area contributed by atoms with Crippen molar-refractivity contribution in [2.24, 2.45) is 10.3 Å². The maximum atomic E-state index is 10.5. The molecule has 15 heavy (non-hydrogen) atoms. The molecule has 0 atom stereocenters. The highest BCUT2D eigenvalue weighted by atomic mass is 79.9. The van der Waals surface area contributed by atoms with Gasteiger partial charge in [-0.25, -0.2) is 0 Å². The van der Waals surface area contributed by atoms with Gasteiger partial charge in [-0.15, -0.1) is 4.91 Å². The van der Waals surface area contributed by atoms with Gasteiger partial charge in [-0.3, -0.25) is 0 Å². The Morgan fingerprint density at radius 3 is 2.67 bits per heavy atom. The van der Waals surface area contributed by atoms with Crippen molar-refractivity contribution in [1.82, 2.24) is 0 Å². The maximum absolute atomic E-state index is 10.5. The normalized spacial score (nSPS) is 9.27. The molecule has 0 saturated carbocycles. The monoisotopic (exact) mass is 334 g/mol. The van der Waals surface area contributed by atoms with Crippen LogP contribution < -0.4 is 4.74 Å². The van der Waals surface area contributed by atoms with Gasteiger partial charge in [-0.1, -0.05) is 5.11 Å². The van der Waals surface area contributed by atoms with Gasteiger partial charge in [0, 0.05) is 4.91 Å². The van der Waals surface area contributed by atoms with Gasteiger partial charge in [-0.05, 0) is 48.6 Å². The number of halogens is 2. The average Bonchev–Trinajstić information content (AvgIpc) is 2.22. The van der Waals surface area contributed by atoms with Crippen LogP contribution in [0.1, 0.15) is 0 Å². The minimum atomic E-state index is 0.0346. The number of azide groups is 1. The minimum absolute atomic E-state index is 0.0346. The molecule has 8 heteroatoms. The quantitative estimate of drug-likeness (QED) is 0.351. The molecule has 0 amide bonds. The largest absolute Gasteiger partial charge is 0.494 e. The molecule has 0 aliphatic rings. The van der Waals surface area contributed by atoms with Crippen LogP contribution in [0.3, 0.4) is 0 Å². The van der Waals surface area contributed by atoms with Crippen molar-refractivity contribution in [2.75, 3.05) is 7.11 Å². The van der Waals surface area contributed by atoms with Crippen LogP contribution in [0.4, 0.5) is 11.4 Å². The molecular formula is C7H4Br2N4O2. The summed E-state index contributed by atoms with van der Waals surface area (Å²) in [6.07, 6.45) is 0. The molecule has 0 bridgehead atoms. The highest BCUT2D eigenvalue weighted by Crippen LogP contribution is 2.46. The van der Waals surface area contributed by atoms with E-state index in [1.54, 1.807) is 0 Å². The number of hydrogen-bond donors (Lipinski definition) is 0. The molecule has 78 valence electrons. The van der Waals surface area contributed by atoms with Crippen molar-refractivity contribution in [1.29, 1.82) is 0 Å². The third-order valence-corrected chi connectivity index (χ3v) is 2.90. The van der Waals surface area contributed by atoms with E-state index >= 15 is 0 Å². The number of hydrogen-bond acceptors (Lipinski definition) is 4. The van der Waals surface area contributed by atoms with Crippen LogP contribution in [0, 0.1) is 4.91 Å².